The first-order valence-corrected chi connectivity index (χ1v) is 5.57. The fourth-order valence-electron chi connectivity index (χ4n) is 1.47. The number of aromatic hydroxyl groups is 1. The fraction of sp³-hybridized carbons (Fsp3) is 0.538. The fourth-order valence-corrected chi connectivity index (χ4v) is 1.47. The van der Waals surface area contributed by atoms with E-state index in [9.17, 15) is 14.7 Å². The molecule has 0 aliphatic carbocycles. The zero-order chi connectivity index (χ0) is 13.2. The number of hydrogen-bond acceptors (Lipinski definition) is 4. The van der Waals surface area contributed by atoms with E-state index < -0.39 is 5.63 Å². The van der Waals surface area contributed by atoms with E-state index in [1.165, 1.54) is 6.07 Å². The molecule has 0 atom stereocenters. The average Bonchev–Trinajstić information content (AvgIpc) is 2.11. The van der Waals surface area contributed by atoms with Crippen molar-refractivity contribution in [3.05, 3.63) is 27.8 Å². The standard InChI is InChI=1S/C13H18O4/c1-8-7-10(15)11(12(16)17-8)9(14)5-6-13(2,3)4/h7,15H,5-6H2,1-4H3. The van der Waals surface area contributed by atoms with Gasteiger partial charge in [-0.2, -0.15) is 0 Å². The molecule has 0 aliphatic heterocycles. The van der Waals surface area contributed by atoms with Crippen LogP contribution in [0.2, 0.25) is 0 Å². The molecule has 1 heterocycles. The van der Waals surface area contributed by atoms with Crippen molar-refractivity contribution < 1.29 is 14.3 Å². The van der Waals surface area contributed by atoms with Crippen LogP contribution in [0, 0.1) is 12.3 Å². The molecule has 94 valence electrons. The van der Waals surface area contributed by atoms with E-state index in [0.717, 1.165) is 0 Å². The lowest BCUT2D eigenvalue weighted by Crippen LogP contribution is -2.17. The Morgan fingerprint density at radius 2 is 2.00 bits per heavy atom. The van der Waals surface area contributed by atoms with E-state index in [1.54, 1.807) is 6.92 Å². The minimum Gasteiger partial charge on any atom is -0.507 e. The largest absolute Gasteiger partial charge is 0.507 e. The van der Waals surface area contributed by atoms with Crippen LogP contribution in [0.3, 0.4) is 0 Å². The average molecular weight is 238 g/mol. The van der Waals surface area contributed by atoms with Gasteiger partial charge >= 0.3 is 5.63 Å². The minimum absolute atomic E-state index is 0.0101. The summed E-state index contributed by atoms with van der Waals surface area (Å²) in [5, 5.41) is 9.59. The van der Waals surface area contributed by atoms with Gasteiger partial charge in [0.05, 0.1) is 0 Å². The number of carbonyl (C=O) groups is 1. The molecule has 0 radical (unpaired) electrons. The van der Waals surface area contributed by atoms with Crippen molar-refractivity contribution in [3.63, 3.8) is 0 Å². The number of Topliss-reactive ketones (excluding diaryl/α,β-unsaturated/α-hetero) is 1. The second-order valence-electron chi connectivity index (χ2n) is 5.39. The van der Waals surface area contributed by atoms with E-state index in [-0.39, 0.29) is 28.9 Å². The highest BCUT2D eigenvalue weighted by Gasteiger charge is 2.20. The Bertz CT molecular complexity index is 477. The molecule has 0 saturated carbocycles. The number of aryl methyl sites for hydroxylation is 1. The molecule has 17 heavy (non-hydrogen) atoms. The van der Waals surface area contributed by atoms with Crippen molar-refractivity contribution in [2.45, 2.75) is 40.5 Å². The van der Waals surface area contributed by atoms with Crippen LogP contribution in [0.15, 0.2) is 15.3 Å². The van der Waals surface area contributed by atoms with E-state index in [4.69, 9.17) is 4.42 Å². The summed E-state index contributed by atoms with van der Waals surface area (Å²) >= 11 is 0. The third-order valence-electron chi connectivity index (χ3n) is 2.43. The molecular formula is C13H18O4. The maximum atomic E-state index is 11.8. The molecule has 1 aromatic rings. The zero-order valence-corrected chi connectivity index (χ0v) is 10.7. The molecule has 0 fully saturated rings. The van der Waals surface area contributed by atoms with Gasteiger partial charge in [-0.25, -0.2) is 4.79 Å². The Morgan fingerprint density at radius 3 is 2.47 bits per heavy atom. The molecule has 1 N–H and O–H groups in total. The van der Waals surface area contributed by atoms with Crippen molar-refractivity contribution in [1.82, 2.24) is 0 Å². The minimum atomic E-state index is -0.763. The lowest BCUT2D eigenvalue weighted by Gasteiger charge is -2.16. The monoisotopic (exact) mass is 238 g/mol. The lowest BCUT2D eigenvalue weighted by atomic mass is 9.88. The van der Waals surface area contributed by atoms with Crippen LogP contribution in [-0.4, -0.2) is 10.9 Å². The van der Waals surface area contributed by atoms with Crippen LogP contribution in [-0.2, 0) is 0 Å². The topological polar surface area (TPSA) is 67.5 Å². The molecular weight excluding hydrogens is 220 g/mol. The molecule has 0 aromatic carbocycles. The summed E-state index contributed by atoms with van der Waals surface area (Å²) in [6, 6.07) is 1.28. The van der Waals surface area contributed by atoms with Crippen LogP contribution in [0.25, 0.3) is 0 Å². The molecule has 1 aromatic heterocycles. The Kier molecular flexibility index (Phi) is 3.76. The maximum Gasteiger partial charge on any atom is 0.350 e. The van der Waals surface area contributed by atoms with Crippen LogP contribution in [0.4, 0.5) is 0 Å². The molecule has 4 heteroatoms. The first-order valence-electron chi connectivity index (χ1n) is 5.57. The quantitative estimate of drug-likeness (QED) is 0.822. The van der Waals surface area contributed by atoms with Gasteiger partial charge in [-0.05, 0) is 18.8 Å². The van der Waals surface area contributed by atoms with Gasteiger partial charge in [0.1, 0.15) is 17.1 Å². The van der Waals surface area contributed by atoms with Crippen LogP contribution in [0.5, 0.6) is 5.75 Å². The summed E-state index contributed by atoms with van der Waals surface area (Å²) in [5.74, 6) is -0.372. The van der Waals surface area contributed by atoms with Gasteiger partial charge in [-0.3, -0.25) is 4.79 Å². The van der Waals surface area contributed by atoms with Crippen LogP contribution >= 0.6 is 0 Å². The Morgan fingerprint density at radius 1 is 1.41 bits per heavy atom. The van der Waals surface area contributed by atoms with Crippen LogP contribution < -0.4 is 5.63 Å². The number of hydrogen-bond donors (Lipinski definition) is 1. The molecule has 4 nitrogen and oxygen atoms in total. The number of ketones is 1. The predicted molar refractivity (Wildman–Crippen MR) is 64.4 cm³/mol. The summed E-state index contributed by atoms with van der Waals surface area (Å²) < 4.78 is 4.81. The molecule has 0 bridgehead atoms. The third kappa shape index (κ3) is 3.73. The first-order chi connectivity index (χ1) is 7.70. The number of rotatable bonds is 3. The Balaban J connectivity index is 2.94. The summed E-state index contributed by atoms with van der Waals surface area (Å²) in [7, 11) is 0. The highest BCUT2D eigenvalue weighted by Crippen LogP contribution is 2.23. The SMILES string of the molecule is Cc1cc(O)c(C(=O)CCC(C)(C)C)c(=O)o1. The molecule has 0 amide bonds. The van der Waals surface area contributed by atoms with E-state index >= 15 is 0 Å². The van der Waals surface area contributed by atoms with Gasteiger partial charge in [0.2, 0.25) is 0 Å². The van der Waals surface area contributed by atoms with Crippen molar-refractivity contribution in [2.75, 3.05) is 0 Å². The Hall–Kier alpha value is -1.58. The highest BCUT2D eigenvalue weighted by molar-refractivity contribution is 5.98. The first kappa shape index (κ1) is 13.5. The molecule has 0 unspecified atom stereocenters. The van der Waals surface area contributed by atoms with Crippen molar-refractivity contribution in [1.29, 1.82) is 0 Å². The smallest absolute Gasteiger partial charge is 0.350 e. The van der Waals surface area contributed by atoms with Crippen molar-refractivity contribution in [3.8, 4) is 5.75 Å². The normalized spacial score (nSPS) is 11.5. The summed E-state index contributed by atoms with van der Waals surface area (Å²) in [6.45, 7) is 7.58. The van der Waals surface area contributed by atoms with Gasteiger partial charge < -0.3 is 9.52 Å². The maximum absolute atomic E-state index is 11.8. The van der Waals surface area contributed by atoms with Gasteiger partial charge in [-0.15, -0.1) is 0 Å². The second kappa shape index (κ2) is 4.73. The van der Waals surface area contributed by atoms with Gasteiger partial charge in [0, 0.05) is 12.5 Å². The van der Waals surface area contributed by atoms with Crippen LogP contribution in [0.1, 0.15) is 49.7 Å². The predicted octanol–water partition coefficient (Wildman–Crippen LogP) is 2.66. The van der Waals surface area contributed by atoms with E-state index in [1.807, 2.05) is 20.8 Å². The molecule has 0 spiro atoms. The molecule has 0 aliphatic rings. The Labute approximate surface area is 100 Å². The molecule has 0 saturated heterocycles. The van der Waals surface area contributed by atoms with E-state index in [0.29, 0.717) is 12.2 Å². The van der Waals surface area contributed by atoms with Gasteiger partial charge in [0.25, 0.3) is 0 Å². The van der Waals surface area contributed by atoms with Gasteiger partial charge in [0.15, 0.2) is 5.78 Å². The number of carbonyl (C=O) groups excluding carboxylic acids is 1. The van der Waals surface area contributed by atoms with Gasteiger partial charge in [-0.1, -0.05) is 20.8 Å². The van der Waals surface area contributed by atoms with Crippen molar-refractivity contribution in [2.24, 2.45) is 5.41 Å². The summed E-state index contributed by atoms with van der Waals surface area (Å²) in [6.07, 6.45) is 0.878. The van der Waals surface area contributed by atoms with Crippen molar-refractivity contribution >= 4 is 5.78 Å². The zero-order valence-electron chi connectivity index (χ0n) is 10.7. The molecule has 1 rings (SSSR count). The van der Waals surface area contributed by atoms with E-state index in [2.05, 4.69) is 0 Å². The lowest BCUT2D eigenvalue weighted by molar-refractivity contribution is 0.0958. The summed E-state index contributed by atoms with van der Waals surface area (Å²) in [4.78, 5) is 23.3. The second-order valence-corrected chi connectivity index (χ2v) is 5.39. The highest BCUT2D eigenvalue weighted by atomic mass is 16.4. The third-order valence-corrected chi connectivity index (χ3v) is 2.43. The summed E-state index contributed by atoms with van der Waals surface area (Å²) in [5.41, 5.74) is -0.989.